The summed E-state index contributed by atoms with van der Waals surface area (Å²) in [5, 5.41) is 0. The quantitative estimate of drug-likeness (QED) is 0.407. The third kappa shape index (κ3) is 1.04. The van der Waals surface area contributed by atoms with E-state index in [1.807, 2.05) is 0 Å². The Morgan fingerprint density at radius 3 is 2.44 bits per heavy atom. The average molecular weight is 232 g/mol. The van der Waals surface area contributed by atoms with Gasteiger partial charge in [0.25, 0.3) is 0 Å². The van der Waals surface area contributed by atoms with Gasteiger partial charge in [-0.3, -0.25) is 0 Å². The smallest absolute Gasteiger partial charge is 0.152 e. The molecule has 1 aliphatic heterocycles. The van der Waals surface area contributed by atoms with E-state index in [1.165, 1.54) is 39.2 Å². The summed E-state index contributed by atoms with van der Waals surface area (Å²) in [6.07, 6.45) is 0. The summed E-state index contributed by atoms with van der Waals surface area (Å²) < 4.78 is 2.38. The van der Waals surface area contributed by atoms with Gasteiger partial charge in [0.1, 0.15) is 0 Å². The van der Waals surface area contributed by atoms with Crippen LogP contribution in [0.2, 0.25) is 0 Å². The van der Waals surface area contributed by atoms with Crippen molar-refractivity contribution in [3.63, 3.8) is 0 Å². The van der Waals surface area contributed by atoms with Crippen molar-refractivity contribution in [1.82, 2.24) is 0 Å². The van der Waals surface area contributed by atoms with Crippen molar-refractivity contribution in [2.45, 2.75) is 13.8 Å². The normalized spacial score (nSPS) is 11.9. The molecule has 0 amide bonds. The SMILES string of the molecule is Cc1cc2cccc3[n+]2c(c1C)-c1ccccc1-3. The van der Waals surface area contributed by atoms with E-state index in [0.717, 1.165) is 0 Å². The molecule has 3 aromatic rings. The van der Waals surface area contributed by atoms with Crippen molar-refractivity contribution in [3.8, 4) is 22.5 Å². The minimum atomic E-state index is 1.28. The molecule has 0 saturated carbocycles. The number of pyridine rings is 2. The molecule has 1 aromatic carbocycles. The van der Waals surface area contributed by atoms with E-state index in [9.17, 15) is 0 Å². The summed E-state index contributed by atoms with van der Waals surface area (Å²) in [5.74, 6) is 0. The molecule has 0 aliphatic carbocycles. The number of hydrogen-bond donors (Lipinski definition) is 0. The van der Waals surface area contributed by atoms with E-state index >= 15 is 0 Å². The molecular weight excluding hydrogens is 218 g/mol. The van der Waals surface area contributed by atoms with E-state index in [4.69, 9.17) is 0 Å². The van der Waals surface area contributed by atoms with Crippen LogP contribution in [0.3, 0.4) is 0 Å². The number of rotatable bonds is 0. The number of nitrogens with zero attached hydrogens (tertiary/aromatic N) is 1. The maximum absolute atomic E-state index is 2.38. The van der Waals surface area contributed by atoms with Crippen LogP contribution in [0.15, 0.2) is 48.5 Å². The van der Waals surface area contributed by atoms with Gasteiger partial charge < -0.3 is 0 Å². The first-order chi connectivity index (χ1) is 8.77. The number of aryl methyl sites for hydroxylation is 1. The van der Waals surface area contributed by atoms with Crippen molar-refractivity contribution in [2.75, 3.05) is 0 Å². The van der Waals surface area contributed by atoms with Crippen LogP contribution >= 0.6 is 0 Å². The summed E-state index contributed by atoms with van der Waals surface area (Å²) in [4.78, 5) is 0. The van der Waals surface area contributed by atoms with Gasteiger partial charge in [-0.2, -0.15) is 4.40 Å². The van der Waals surface area contributed by atoms with Crippen molar-refractivity contribution in [2.24, 2.45) is 0 Å². The molecule has 1 heteroatoms. The predicted octanol–water partition coefficient (Wildman–Crippen LogP) is 3.69. The Bertz CT molecular complexity index is 800. The molecule has 0 saturated heterocycles. The fourth-order valence-corrected chi connectivity index (χ4v) is 3.02. The van der Waals surface area contributed by atoms with E-state index < -0.39 is 0 Å². The number of benzene rings is 1. The molecule has 4 rings (SSSR count). The average Bonchev–Trinajstić information content (AvgIpc) is 2.73. The highest BCUT2D eigenvalue weighted by molar-refractivity contribution is 5.84. The fraction of sp³-hybridized carbons (Fsp3) is 0.118. The molecule has 3 heterocycles. The molecule has 18 heavy (non-hydrogen) atoms. The predicted molar refractivity (Wildman–Crippen MR) is 73.5 cm³/mol. The lowest BCUT2D eigenvalue weighted by Gasteiger charge is -2.02. The van der Waals surface area contributed by atoms with Crippen LogP contribution in [0.25, 0.3) is 28.0 Å². The first kappa shape index (κ1) is 9.84. The molecule has 0 radical (unpaired) electrons. The van der Waals surface area contributed by atoms with Crippen LogP contribution in [-0.2, 0) is 0 Å². The maximum atomic E-state index is 2.38. The standard InChI is InChI=1S/C17H14N/c1-11-10-13-6-5-9-16-14-7-3-4-8-15(14)17(12(11)2)18(13)16/h3-10H,1-2H3/q+1. The lowest BCUT2D eigenvalue weighted by molar-refractivity contribution is -0.483. The molecule has 1 aliphatic rings. The Morgan fingerprint density at radius 1 is 0.833 bits per heavy atom. The van der Waals surface area contributed by atoms with Gasteiger partial charge in [-0.05, 0) is 37.6 Å². The van der Waals surface area contributed by atoms with Crippen LogP contribution in [0.4, 0.5) is 0 Å². The first-order valence-electron chi connectivity index (χ1n) is 6.32. The van der Waals surface area contributed by atoms with Gasteiger partial charge in [0.2, 0.25) is 16.9 Å². The minimum absolute atomic E-state index is 1.28. The Morgan fingerprint density at radius 2 is 1.61 bits per heavy atom. The van der Waals surface area contributed by atoms with E-state index in [2.05, 4.69) is 66.8 Å². The fourth-order valence-electron chi connectivity index (χ4n) is 3.02. The number of fused-ring (bicyclic) bond motifs is 3. The zero-order chi connectivity index (χ0) is 12.3. The number of aromatic nitrogens is 1. The highest BCUT2D eigenvalue weighted by Crippen LogP contribution is 2.37. The van der Waals surface area contributed by atoms with Gasteiger partial charge in [0.15, 0.2) is 0 Å². The van der Waals surface area contributed by atoms with Crippen LogP contribution in [0.1, 0.15) is 11.1 Å². The maximum Gasteiger partial charge on any atom is 0.223 e. The molecule has 0 spiro atoms. The van der Waals surface area contributed by atoms with Gasteiger partial charge in [-0.15, -0.1) is 0 Å². The van der Waals surface area contributed by atoms with Gasteiger partial charge in [-0.1, -0.05) is 12.1 Å². The molecule has 1 nitrogen and oxygen atoms in total. The summed E-state index contributed by atoms with van der Waals surface area (Å²) >= 11 is 0. The summed E-state index contributed by atoms with van der Waals surface area (Å²) in [6, 6.07) is 17.5. The zero-order valence-electron chi connectivity index (χ0n) is 10.6. The van der Waals surface area contributed by atoms with Crippen molar-refractivity contribution >= 4 is 5.52 Å². The molecule has 0 atom stereocenters. The Kier molecular flexibility index (Phi) is 1.75. The summed E-state index contributed by atoms with van der Waals surface area (Å²) in [5.41, 5.74) is 9.38. The minimum Gasteiger partial charge on any atom is -0.152 e. The molecule has 0 bridgehead atoms. The van der Waals surface area contributed by atoms with Crippen LogP contribution < -0.4 is 4.40 Å². The Labute approximate surface area is 106 Å². The highest BCUT2D eigenvalue weighted by Gasteiger charge is 2.31. The lowest BCUT2D eigenvalue weighted by atomic mass is 10.0. The van der Waals surface area contributed by atoms with Crippen molar-refractivity contribution in [3.05, 3.63) is 59.7 Å². The Balaban J connectivity index is 2.33. The second-order valence-corrected chi connectivity index (χ2v) is 5.02. The highest BCUT2D eigenvalue weighted by atomic mass is 14.9. The first-order valence-corrected chi connectivity index (χ1v) is 6.32. The third-order valence-corrected chi connectivity index (χ3v) is 4.01. The largest absolute Gasteiger partial charge is 0.223 e. The van der Waals surface area contributed by atoms with Gasteiger partial charge in [-0.25, -0.2) is 0 Å². The van der Waals surface area contributed by atoms with E-state index in [-0.39, 0.29) is 0 Å². The third-order valence-electron chi connectivity index (χ3n) is 4.01. The zero-order valence-corrected chi connectivity index (χ0v) is 10.6. The van der Waals surface area contributed by atoms with Gasteiger partial charge >= 0.3 is 0 Å². The number of hydrogen-bond acceptors (Lipinski definition) is 0. The molecule has 86 valence electrons. The van der Waals surface area contributed by atoms with Crippen LogP contribution in [-0.4, -0.2) is 0 Å². The monoisotopic (exact) mass is 232 g/mol. The topological polar surface area (TPSA) is 4.10 Å². The van der Waals surface area contributed by atoms with Crippen LogP contribution in [0.5, 0.6) is 0 Å². The molecule has 0 N–H and O–H groups in total. The lowest BCUT2D eigenvalue weighted by Crippen LogP contribution is -2.25. The van der Waals surface area contributed by atoms with E-state index in [0.29, 0.717) is 0 Å². The second kappa shape index (κ2) is 3.20. The van der Waals surface area contributed by atoms with Crippen molar-refractivity contribution < 1.29 is 4.40 Å². The summed E-state index contributed by atoms with van der Waals surface area (Å²) in [7, 11) is 0. The van der Waals surface area contributed by atoms with Gasteiger partial charge in [0, 0.05) is 23.8 Å². The molecule has 2 aromatic heterocycles. The van der Waals surface area contributed by atoms with Crippen LogP contribution in [0, 0.1) is 13.8 Å². The molecular formula is C17H14N+. The van der Waals surface area contributed by atoms with Crippen molar-refractivity contribution in [1.29, 1.82) is 0 Å². The second-order valence-electron chi connectivity index (χ2n) is 5.02. The summed E-state index contributed by atoms with van der Waals surface area (Å²) in [6.45, 7) is 4.41. The van der Waals surface area contributed by atoms with Gasteiger partial charge in [0.05, 0.1) is 11.1 Å². The Hall–Kier alpha value is -2.15. The van der Waals surface area contributed by atoms with E-state index in [1.54, 1.807) is 0 Å². The molecule has 0 fully saturated rings. The molecule has 0 unspecified atom stereocenters.